The van der Waals surface area contributed by atoms with Crippen LogP contribution in [0.3, 0.4) is 0 Å². The highest BCUT2D eigenvalue weighted by Crippen LogP contribution is 2.33. The van der Waals surface area contributed by atoms with E-state index in [0.717, 1.165) is 28.1 Å². The van der Waals surface area contributed by atoms with E-state index in [-0.39, 0.29) is 11.8 Å². The monoisotopic (exact) mass is 498 g/mol. The number of nitrogens with one attached hydrogen (secondary N) is 1. The fourth-order valence-corrected chi connectivity index (χ4v) is 4.33. The summed E-state index contributed by atoms with van der Waals surface area (Å²) in [6, 6.07) is 15.9. The van der Waals surface area contributed by atoms with E-state index in [1.54, 1.807) is 0 Å². The molecule has 1 aliphatic heterocycles. The molecule has 1 saturated heterocycles. The zero-order valence-electron chi connectivity index (χ0n) is 20.7. The molecule has 1 aromatic heterocycles. The summed E-state index contributed by atoms with van der Waals surface area (Å²) in [5, 5.41) is 47.4. The van der Waals surface area contributed by atoms with Crippen LogP contribution in [0.25, 0.3) is 0 Å². The number of aromatic nitrogens is 2. The summed E-state index contributed by atoms with van der Waals surface area (Å²) in [7, 11) is 0. The lowest BCUT2D eigenvalue weighted by Crippen LogP contribution is -2.60. The van der Waals surface area contributed by atoms with Crippen LogP contribution in [-0.2, 0) is 17.8 Å². The van der Waals surface area contributed by atoms with Crippen LogP contribution in [0.5, 0.6) is 11.6 Å². The van der Waals surface area contributed by atoms with Gasteiger partial charge in [-0.2, -0.15) is 0 Å². The fraction of sp³-hybridized carbons (Fsp3) is 0.444. The molecule has 2 heterocycles. The quantitative estimate of drug-likeness (QED) is 0.303. The first-order chi connectivity index (χ1) is 17.3. The topological polar surface area (TPSA) is 137 Å². The van der Waals surface area contributed by atoms with Crippen LogP contribution < -0.4 is 9.47 Å². The highest BCUT2D eigenvalue weighted by atomic mass is 16.7. The first kappa shape index (κ1) is 26.1. The van der Waals surface area contributed by atoms with Crippen LogP contribution in [0, 0.1) is 6.92 Å². The summed E-state index contributed by atoms with van der Waals surface area (Å²) in [4.78, 5) is 0. The number of rotatable bonds is 9. The van der Waals surface area contributed by atoms with Gasteiger partial charge in [0.05, 0.1) is 6.61 Å². The fourth-order valence-electron chi connectivity index (χ4n) is 4.33. The number of benzene rings is 2. The van der Waals surface area contributed by atoms with E-state index in [1.165, 1.54) is 5.56 Å². The van der Waals surface area contributed by atoms with E-state index < -0.39 is 37.3 Å². The first-order valence-corrected chi connectivity index (χ1v) is 12.1. The molecule has 9 nitrogen and oxygen atoms in total. The standard InChI is InChI=1S/C27H34N2O7/c1-15(2)22-19(26(29-28-22)36-27-25(33)24(32)23(31)21(13-30)35-27)12-18-9-4-5-10-20(18)34-14-17-8-6-7-16(3)11-17/h4-11,15,21,23-25,27,30-33H,12-14H2,1-3H3,(H,28,29)/t21-,23-,24+,25-,27+/m1/s1. The first-order valence-electron chi connectivity index (χ1n) is 12.1. The molecular weight excluding hydrogens is 464 g/mol. The van der Waals surface area contributed by atoms with Crippen molar-refractivity contribution in [2.75, 3.05) is 6.61 Å². The number of aryl methyl sites for hydroxylation is 1. The Bertz CT molecular complexity index is 1150. The van der Waals surface area contributed by atoms with Gasteiger partial charge in [0.25, 0.3) is 0 Å². The summed E-state index contributed by atoms with van der Waals surface area (Å²) < 4.78 is 17.6. The summed E-state index contributed by atoms with van der Waals surface area (Å²) >= 11 is 0. The van der Waals surface area contributed by atoms with Gasteiger partial charge in [0.2, 0.25) is 12.2 Å². The number of hydrogen-bond acceptors (Lipinski definition) is 8. The third-order valence-electron chi connectivity index (χ3n) is 6.33. The minimum absolute atomic E-state index is 0.0972. The van der Waals surface area contributed by atoms with Gasteiger partial charge < -0.3 is 34.6 Å². The Hall–Kier alpha value is -2.95. The minimum Gasteiger partial charge on any atom is -0.489 e. The lowest BCUT2D eigenvalue weighted by Gasteiger charge is -2.39. The molecule has 0 amide bonds. The molecule has 5 atom stereocenters. The largest absolute Gasteiger partial charge is 0.489 e. The van der Waals surface area contributed by atoms with Gasteiger partial charge in [-0.1, -0.05) is 61.9 Å². The maximum Gasteiger partial charge on any atom is 0.238 e. The minimum atomic E-state index is -1.54. The van der Waals surface area contributed by atoms with Crippen molar-refractivity contribution in [1.29, 1.82) is 0 Å². The number of aromatic amines is 1. The molecule has 0 radical (unpaired) electrons. The lowest BCUT2D eigenvalue weighted by molar-refractivity contribution is -0.278. The molecule has 1 aliphatic rings. The molecule has 194 valence electrons. The van der Waals surface area contributed by atoms with Crippen molar-refractivity contribution in [2.45, 2.75) is 70.4 Å². The van der Waals surface area contributed by atoms with Crippen LogP contribution in [0.2, 0.25) is 0 Å². The Morgan fingerprint density at radius 2 is 1.81 bits per heavy atom. The van der Waals surface area contributed by atoms with Crippen LogP contribution in [-0.4, -0.2) is 67.9 Å². The molecule has 3 aromatic rings. The number of ether oxygens (including phenoxy) is 3. The normalized spacial score (nSPS) is 24.2. The number of H-pyrrole nitrogens is 1. The average molecular weight is 499 g/mol. The van der Waals surface area contributed by atoms with Gasteiger partial charge in [-0.3, -0.25) is 5.10 Å². The molecular formula is C27H34N2O7. The number of aliphatic hydroxyl groups excluding tert-OH is 4. The molecule has 0 spiro atoms. The number of aliphatic hydroxyl groups is 4. The van der Waals surface area contributed by atoms with Crippen molar-refractivity contribution in [2.24, 2.45) is 0 Å². The summed E-state index contributed by atoms with van der Waals surface area (Å²) in [6.45, 7) is 5.97. The zero-order chi connectivity index (χ0) is 25.8. The van der Waals surface area contributed by atoms with E-state index in [2.05, 4.69) is 16.3 Å². The Kier molecular flexibility index (Phi) is 8.28. The van der Waals surface area contributed by atoms with Crippen molar-refractivity contribution in [3.8, 4) is 11.6 Å². The maximum atomic E-state index is 10.4. The van der Waals surface area contributed by atoms with E-state index in [0.29, 0.717) is 13.0 Å². The van der Waals surface area contributed by atoms with Crippen molar-refractivity contribution in [3.05, 3.63) is 76.5 Å². The summed E-state index contributed by atoms with van der Waals surface area (Å²) in [5.74, 6) is 1.03. The Labute approximate surface area is 210 Å². The SMILES string of the molecule is Cc1cccc(COc2ccccc2Cc2c(O[C@@H]3O[C@H](CO)[C@@H](O)[C@H](O)[C@H]3O)n[nH]c2C(C)C)c1. The van der Waals surface area contributed by atoms with Crippen LogP contribution in [0.1, 0.15) is 47.7 Å². The predicted octanol–water partition coefficient (Wildman–Crippen LogP) is 2.19. The van der Waals surface area contributed by atoms with Gasteiger partial charge in [0.15, 0.2) is 0 Å². The molecule has 0 bridgehead atoms. The van der Waals surface area contributed by atoms with E-state index >= 15 is 0 Å². The smallest absolute Gasteiger partial charge is 0.238 e. The number of hydrogen-bond donors (Lipinski definition) is 5. The number of para-hydroxylation sites is 1. The Morgan fingerprint density at radius 3 is 2.53 bits per heavy atom. The number of nitrogens with zero attached hydrogens (tertiary/aromatic N) is 1. The molecule has 0 unspecified atom stereocenters. The van der Waals surface area contributed by atoms with Crippen molar-refractivity contribution >= 4 is 0 Å². The third-order valence-corrected chi connectivity index (χ3v) is 6.33. The van der Waals surface area contributed by atoms with Crippen molar-refractivity contribution in [1.82, 2.24) is 10.2 Å². The second-order valence-corrected chi connectivity index (χ2v) is 9.45. The molecule has 0 saturated carbocycles. The van der Waals surface area contributed by atoms with E-state index in [9.17, 15) is 20.4 Å². The second kappa shape index (κ2) is 11.4. The second-order valence-electron chi connectivity index (χ2n) is 9.45. The molecule has 0 aliphatic carbocycles. The summed E-state index contributed by atoms with van der Waals surface area (Å²) in [6.07, 6.45) is -6.50. The van der Waals surface area contributed by atoms with Gasteiger partial charge >= 0.3 is 0 Å². The van der Waals surface area contributed by atoms with Gasteiger partial charge in [-0.05, 0) is 30.0 Å². The summed E-state index contributed by atoms with van der Waals surface area (Å²) in [5.41, 5.74) is 4.77. The molecule has 4 rings (SSSR count). The van der Waals surface area contributed by atoms with Gasteiger partial charge in [0.1, 0.15) is 36.8 Å². The van der Waals surface area contributed by atoms with Gasteiger partial charge in [-0.15, -0.1) is 5.10 Å². The Balaban J connectivity index is 1.57. The van der Waals surface area contributed by atoms with E-state index in [4.69, 9.17) is 14.2 Å². The average Bonchev–Trinajstić information content (AvgIpc) is 3.26. The van der Waals surface area contributed by atoms with Crippen LogP contribution in [0.15, 0.2) is 48.5 Å². The van der Waals surface area contributed by atoms with Gasteiger partial charge in [0, 0.05) is 17.7 Å². The highest BCUT2D eigenvalue weighted by Gasteiger charge is 2.45. The van der Waals surface area contributed by atoms with Crippen LogP contribution >= 0.6 is 0 Å². The van der Waals surface area contributed by atoms with Gasteiger partial charge in [-0.25, -0.2) is 0 Å². The van der Waals surface area contributed by atoms with Crippen molar-refractivity contribution < 1.29 is 34.6 Å². The lowest BCUT2D eigenvalue weighted by atomic mass is 9.98. The maximum absolute atomic E-state index is 10.4. The molecule has 5 N–H and O–H groups in total. The third kappa shape index (κ3) is 5.71. The molecule has 9 heteroatoms. The zero-order valence-corrected chi connectivity index (χ0v) is 20.7. The molecule has 2 aromatic carbocycles. The van der Waals surface area contributed by atoms with Crippen LogP contribution in [0.4, 0.5) is 0 Å². The predicted molar refractivity (Wildman–Crippen MR) is 132 cm³/mol. The van der Waals surface area contributed by atoms with E-state index in [1.807, 2.05) is 63.2 Å². The Morgan fingerprint density at radius 1 is 1.03 bits per heavy atom. The molecule has 36 heavy (non-hydrogen) atoms. The van der Waals surface area contributed by atoms with Crippen molar-refractivity contribution in [3.63, 3.8) is 0 Å². The highest BCUT2D eigenvalue weighted by molar-refractivity contribution is 5.43. The molecule has 1 fully saturated rings.